The van der Waals surface area contributed by atoms with Crippen molar-refractivity contribution >= 4 is 34.9 Å². The number of methoxy groups -OCH3 is 1. The maximum Gasteiger partial charge on any atom is 0.248 e. The molecule has 1 saturated heterocycles. The number of aryl methyl sites for hydroxylation is 2. The molecule has 1 aliphatic heterocycles. The van der Waals surface area contributed by atoms with Crippen LogP contribution in [0.15, 0.2) is 18.2 Å². The third-order valence-electron chi connectivity index (χ3n) is 4.89. The molecule has 2 aromatic rings. The third-order valence-corrected chi connectivity index (χ3v) is 5.47. The molecule has 0 N–H and O–H groups in total. The molecule has 150 valence electrons. The van der Waals surface area contributed by atoms with Crippen LogP contribution >= 0.6 is 23.2 Å². The van der Waals surface area contributed by atoms with Gasteiger partial charge in [-0.25, -0.2) is 9.97 Å². The number of aromatic nitrogens is 2. The number of hydrogen-bond acceptors (Lipinski definition) is 5. The monoisotopic (exact) mass is 422 g/mol. The second-order valence-electron chi connectivity index (χ2n) is 6.87. The molecule has 0 aliphatic carbocycles. The maximum absolute atomic E-state index is 12.1. The molecule has 1 amide bonds. The van der Waals surface area contributed by atoms with Crippen molar-refractivity contribution in [1.82, 2.24) is 14.9 Å². The topological polar surface area (TPSA) is 58.6 Å². The third kappa shape index (κ3) is 4.74. The molecule has 0 atom stereocenters. The summed E-state index contributed by atoms with van der Waals surface area (Å²) < 4.78 is 4.96. The molecule has 28 heavy (non-hydrogen) atoms. The van der Waals surface area contributed by atoms with Gasteiger partial charge in [-0.2, -0.15) is 0 Å². The zero-order valence-electron chi connectivity index (χ0n) is 16.3. The smallest absolute Gasteiger partial charge is 0.248 e. The van der Waals surface area contributed by atoms with Gasteiger partial charge in [0.05, 0.1) is 0 Å². The highest BCUT2D eigenvalue weighted by molar-refractivity contribution is 6.35. The van der Waals surface area contributed by atoms with Gasteiger partial charge in [0.25, 0.3) is 0 Å². The minimum Gasteiger partial charge on any atom is -0.375 e. The van der Waals surface area contributed by atoms with Crippen molar-refractivity contribution in [3.05, 3.63) is 50.9 Å². The van der Waals surface area contributed by atoms with Crippen molar-refractivity contribution < 1.29 is 9.53 Å². The van der Waals surface area contributed by atoms with Gasteiger partial charge in [0.15, 0.2) is 0 Å². The summed E-state index contributed by atoms with van der Waals surface area (Å²) in [6.07, 6.45) is 0.625. The van der Waals surface area contributed by atoms with Gasteiger partial charge in [0.1, 0.15) is 18.2 Å². The van der Waals surface area contributed by atoms with Gasteiger partial charge in [-0.15, -0.1) is 0 Å². The molecular weight excluding hydrogens is 399 g/mol. The van der Waals surface area contributed by atoms with Crippen LogP contribution in [0.4, 0.5) is 5.82 Å². The Hall–Kier alpha value is -1.89. The van der Waals surface area contributed by atoms with Gasteiger partial charge in [-0.3, -0.25) is 4.79 Å². The molecule has 1 aromatic heterocycles. The van der Waals surface area contributed by atoms with Crippen LogP contribution in [0.5, 0.6) is 0 Å². The number of carbonyl (C=O) groups is 1. The number of rotatable bonds is 5. The first-order chi connectivity index (χ1) is 13.4. The quantitative estimate of drug-likeness (QED) is 0.739. The highest BCUT2D eigenvalue weighted by Crippen LogP contribution is 2.29. The lowest BCUT2D eigenvalue weighted by atomic mass is 10.0. The van der Waals surface area contributed by atoms with Crippen LogP contribution < -0.4 is 4.90 Å². The fraction of sp³-hybridized carbons (Fsp3) is 0.450. The number of nitrogens with zero attached hydrogens (tertiary/aromatic N) is 4. The highest BCUT2D eigenvalue weighted by Gasteiger charge is 2.25. The van der Waals surface area contributed by atoms with Crippen LogP contribution in [-0.4, -0.2) is 60.7 Å². The normalized spacial score (nSPS) is 14.5. The Bertz CT molecular complexity index is 868. The lowest BCUT2D eigenvalue weighted by molar-refractivity contribution is -0.135. The van der Waals surface area contributed by atoms with Crippen molar-refractivity contribution in [2.75, 3.05) is 44.8 Å². The van der Waals surface area contributed by atoms with Gasteiger partial charge >= 0.3 is 0 Å². The Balaban J connectivity index is 1.84. The van der Waals surface area contributed by atoms with Crippen molar-refractivity contribution in [1.29, 1.82) is 0 Å². The second kappa shape index (κ2) is 9.07. The molecule has 0 bridgehead atoms. The summed E-state index contributed by atoms with van der Waals surface area (Å²) in [4.78, 5) is 25.4. The fourth-order valence-corrected chi connectivity index (χ4v) is 3.90. The van der Waals surface area contributed by atoms with Crippen LogP contribution in [0, 0.1) is 13.8 Å². The molecule has 0 radical (unpaired) electrons. The average molecular weight is 423 g/mol. The first kappa shape index (κ1) is 20.8. The van der Waals surface area contributed by atoms with Gasteiger partial charge in [0, 0.05) is 61.0 Å². The van der Waals surface area contributed by atoms with E-state index < -0.39 is 0 Å². The minimum atomic E-state index is 0.0189. The minimum absolute atomic E-state index is 0.0189. The summed E-state index contributed by atoms with van der Waals surface area (Å²) in [7, 11) is 1.54. The van der Waals surface area contributed by atoms with E-state index in [1.807, 2.05) is 30.9 Å². The van der Waals surface area contributed by atoms with Gasteiger partial charge in [-0.1, -0.05) is 29.3 Å². The first-order valence-electron chi connectivity index (χ1n) is 9.18. The van der Waals surface area contributed by atoms with Crippen LogP contribution in [0.1, 0.15) is 22.6 Å². The van der Waals surface area contributed by atoms with Gasteiger partial charge in [-0.05, 0) is 31.5 Å². The zero-order valence-corrected chi connectivity index (χ0v) is 17.8. The number of benzene rings is 1. The van der Waals surface area contributed by atoms with E-state index in [4.69, 9.17) is 32.9 Å². The number of carbonyl (C=O) groups excluding carboxylic acids is 1. The summed E-state index contributed by atoms with van der Waals surface area (Å²) in [5.74, 6) is 1.66. The Morgan fingerprint density at radius 1 is 1.14 bits per heavy atom. The van der Waals surface area contributed by atoms with Crippen molar-refractivity contribution in [2.24, 2.45) is 0 Å². The first-order valence-corrected chi connectivity index (χ1v) is 9.94. The highest BCUT2D eigenvalue weighted by atomic mass is 35.5. The van der Waals surface area contributed by atoms with E-state index in [1.54, 1.807) is 6.07 Å². The Labute approximate surface area is 175 Å². The number of amides is 1. The number of anilines is 1. The molecule has 6 nitrogen and oxygen atoms in total. The largest absolute Gasteiger partial charge is 0.375 e. The van der Waals surface area contributed by atoms with Crippen molar-refractivity contribution in [2.45, 2.75) is 20.3 Å². The molecule has 2 heterocycles. The number of halogens is 2. The predicted molar refractivity (Wildman–Crippen MR) is 111 cm³/mol. The average Bonchev–Trinajstić information content (AvgIpc) is 2.65. The number of hydrogen-bond donors (Lipinski definition) is 0. The molecule has 1 fully saturated rings. The molecule has 8 heteroatoms. The van der Waals surface area contributed by atoms with Crippen molar-refractivity contribution in [3.63, 3.8) is 0 Å². The van der Waals surface area contributed by atoms with E-state index in [1.165, 1.54) is 7.11 Å². The van der Waals surface area contributed by atoms with Gasteiger partial charge in [0.2, 0.25) is 5.91 Å². The molecular formula is C20H24Cl2N4O2. The Morgan fingerprint density at radius 3 is 2.50 bits per heavy atom. The van der Waals surface area contributed by atoms with E-state index in [-0.39, 0.29) is 12.5 Å². The molecule has 0 spiro atoms. The number of ether oxygens (including phenoxy) is 1. The van der Waals surface area contributed by atoms with Crippen molar-refractivity contribution in [3.8, 4) is 0 Å². The Kier molecular flexibility index (Phi) is 6.75. The van der Waals surface area contributed by atoms with Crippen LogP contribution in [0.3, 0.4) is 0 Å². The van der Waals surface area contributed by atoms with Crippen LogP contribution in [0.2, 0.25) is 10.0 Å². The van der Waals surface area contributed by atoms with Crippen LogP contribution in [-0.2, 0) is 16.0 Å². The Morgan fingerprint density at radius 2 is 1.86 bits per heavy atom. The summed E-state index contributed by atoms with van der Waals surface area (Å²) in [6.45, 7) is 6.73. The SMILES string of the molecule is COCC(=O)N1CCN(c2nc(C)nc(C)c2Cc2ccc(Cl)cc2Cl)CC1. The summed E-state index contributed by atoms with van der Waals surface area (Å²) in [5.41, 5.74) is 2.97. The van der Waals surface area contributed by atoms with E-state index in [9.17, 15) is 4.79 Å². The zero-order chi connectivity index (χ0) is 20.3. The number of piperazine rings is 1. The standard InChI is InChI=1S/C20H24Cl2N4O2/c1-13-17(10-15-4-5-16(21)11-18(15)22)20(24-14(2)23-13)26-8-6-25(7-9-26)19(27)12-28-3/h4-5,11H,6-10,12H2,1-3H3. The van der Waals surface area contributed by atoms with E-state index >= 15 is 0 Å². The lowest BCUT2D eigenvalue weighted by Crippen LogP contribution is -2.50. The predicted octanol–water partition coefficient (Wildman–Crippen LogP) is 3.29. The fourth-order valence-electron chi connectivity index (χ4n) is 3.42. The van der Waals surface area contributed by atoms with E-state index in [0.29, 0.717) is 42.6 Å². The van der Waals surface area contributed by atoms with Crippen LogP contribution in [0.25, 0.3) is 0 Å². The molecule has 3 rings (SSSR count). The summed E-state index contributed by atoms with van der Waals surface area (Å²) in [5, 5.41) is 1.25. The lowest BCUT2D eigenvalue weighted by Gasteiger charge is -2.36. The van der Waals surface area contributed by atoms with E-state index in [2.05, 4.69) is 9.88 Å². The second-order valence-corrected chi connectivity index (χ2v) is 7.72. The summed E-state index contributed by atoms with van der Waals surface area (Å²) in [6, 6.07) is 5.53. The van der Waals surface area contributed by atoms with E-state index in [0.717, 1.165) is 28.5 Å². The summed E-state index contributed by atoms with van der Waals surface area (Å²) >= 11 is 12.4. The molecule has 0 saturated carbocycles. The maximum atomic E-state index is 12.1. The molecule has 0 unspecified atom stereocenters. The molecule has 1 aromatic carbocycles. The molecule has 1 aliphatic rings. The van der Waals surface area contributed by atoms with Gasteiger partial charge < -0.3 is 14.5 Å².